The highest BCUT2D eigenvalue weighted by atomic mass is 16.5. The summed E-state index contributed by atoms with van der Waals surface area (Å²) in [6.07, 6.45) is 8.83. The summed E-state index contributed by atoms with van der Waals surface area (Å²) >= 11 is 0. The van der Waals surface area contributed by atoms with Gasteiger partial charge in [-0.05, 0) is 87.2 Å². The number of likely N-dealkylation sites (tertiary alicyclic amines) is 1. The third kappa shape index (κ3) is 6.61. The predicted molar refractivity (Wildman–Crippen MR) is 136 cm³/mol. The van der Waals surface area contributed by atoms with Gasteiger partial charge in [-0.1, -0.05) is 11.8 Å². The molecule has 1 aliphatic heterocycles. The van der Waals surface area contributed by atoms with Gasteiger partial charge >= 0.3 is 5.97 Å². The molecule has 7 heteroatoms. The van der Waals surface area contributed by atoms with Crippen molar-refractivity contribution in [1.82, 2.24) is 20.1 Å². The zero-order chi connectivity index (χ0) is 24.6. The van der Waals surface area contributed by atoms with Gasteiger partial charge in [-0.25, -0.2) is 0 Å². The largest absolute Gasteiger partial charge is 0.497 e. The van der Waals surface area contributed by atoms with E-state index in [1.165, 1.54) is 5.56 Å². The van der Waals surface area contributed by atoms with Gasteiger partial charge in [0.1, 0.15) is 5.75 Å². The van der Waals surface area contributed by atoms with Crippen LogP contribution in [-0.2, 0) is 11.2 Å². The lowest BCUT2D eigenvalue weighted by Crippen LogP contribution is -2.41. The molecular formula is C28H34N4O3. The first kappa shape index (κ1) is 24.7. The van der Waals surface area contributed by atoms with Crippen LogP contribution in [0, 0.1) is 30.6 Å². The number of aromatic nitrogens is 3. The molecule has 4 rings (SSSR count). The Balaban J connectivity index is 1.36. The lowest BCUT2D eigenvalue weighted by Gasteiger charge is -2.38. The Morgan fingerprint density at radius 3 is 2.94 bits per heavy atom. The Labute approximate surface area is 206 Å². The molecule has 3 aromatic rings. The normalized spacial score (nSPS) is 18.2. The van der Waals surface area contributed by atoms with Gasteiger partial charge in [0.15, 0.2) is 0 Å². The second-order valence-electron chi connectivity index (χ2n) is 9.43. The third-order valence-electron chi connectivity index (χ3n) is 7.12. The van der Waals surface area contributed by atoms with Crippen molar-refractivity contribution < 1.29 is 14.6 Å². The molecule has 1 fully saturated rings. The summed E-state index contributed by atoms with van der Waals surface area (Å²) in [6, 6.07) is 8.12. The van der Waals surface area contributed by atoms with Crippen molar-refractivity contribution in [2.45, 2.75) is 45.4 Å². The summed E-state index contributed by atoms with van der Waals surface area (Å²) in [5.74, 6) is 7.52. The molecule has 3 heterocycles. The van der Waals surface area contributed by atoms with Crippen LogP contribution < -0.4 is 4.74 Å². The predicted octanol–water partition coefficient (Wildman–Crippen LogP) is 4.45. The standard InChI is InChI=1S/C28H34N4O3/c1-20-23(18-30-31-20)7-4-15-32-16-13-21(24(19-32)8-11-28(33)34)5-3-6-22-12-14-29-27-10-9-25(35-2)17-26(22)27/h9-10,12,14,17-18,21,24H,3,5-6,8,11,13,15-16,19H2,1-2H3,(H,30,31)(H,33,34). The first-order valence-electron chi connectivity index (χ1n) is 12.4. The average molecular weight is 475 g/mol. The lowest BCUT2D eigenvalue weighted by molar-refractivity contribution is -0.137. The fourth-order valence-electron chi connectivity index (χ4n) is 5.12. The maximum absolute atomic E-state index is 11.3. The van der Waals surface area contributed by atoms with E-state index in [2.05, 4.69) is 44.1 Å². The number of carbonyl (C=O) groups is 1. The van der Waals surface area contributed by atoms with Gasteiger partial charge < -0.3 is 9.84 Å². The molecule has 0 spiro atoms. The molecule has 0 saturated carbocycles. The topological polar surface area (TPSA) is 91.3 Å². The van der Waals surface area contributed by atoms with Gasteiger partial charge in [0, 0.05) is 30.2 Å². The molecule has 0 bridgehead atoms. The van der Waals surface area contributed by atoms with Gasteiger partial charge in [0.2, 0.25) is 0 Å². The number of hydrogen-bond acceptors (Lipinski definition) is 5. The van der Waals surface area contributed by atoms with E-state index in [1.807, 2.05) is 25.3 Å². The summed E-state index contributed by atoms with van der Waals surface area (Å²) in [5.41, 5.74) is 4.19. The molecule has 2 unspecified atom stereocenters. The lowest BCUT2D eigenvalue weighted by atomic mass is 9.79. The summed E-state index contributed by atoms with van der Waals surface area (Å²) in [5, 5.41) is 17.4. The molecule has 0 radical (unpaired) electrons. The number of benzene rings is 1. The van der Waals surface area contributed by atoms with Crippen LogP contribution >= 0.6 is 0 Å². The number of H-pyrrole nitrogens is 1. The molecule has 2 N–H and O–H groups in total. The number of ether oxygens (including phenoxy) is 1. The highest BCUT2D eigenvalue weighted by molar-refractivity contribution is 5.83. The number of hydrogen-bond donors (Lipinski definition) is 2. The highest BCUT2D eigenvalue weighted by Gasteiger charge is 2.29. The van der Waals surface area contributed by atoms with E-state index in [0.29, 0.717) is 18.4 Å². The average Bonchev–Trinajstić information content (AvgIpc) is 3.28. The minimum absolute atomic E-state index is 0.226. The smallest absolute Gasteiger partial charge is 0.303 e. The Kier molecular flexibility index (Phi) is 8.38. The number of carboxylic acid groups (broad SMARTS) is 1. The fourth-order valence-corrected chi connectivity index (χ4v) is 5.12. The van der Waals surface area contributed by atoms with Gasteiger partial charge in [-0.3, -0.25) is 19.8 Å². The first-order chi connectivity index (χ1) is 17.0. The number of aromatic amines is 1. The number of piperidine rings is 1. The number of carboxylic acids is 1. The number of aliphatic carboxylic acids is 1. The maximum atomic E-state index is 11.3. The van der Waals surface area contributed by atoms with Crippen molar-refractivity contribution in [2.24, 2.45) is 11.8 Å². The van der Waals surface area contributed by atoms with Crippen molar-refractivity contribution in [2.75, 3.05) is 26.7 Å². The second-order valence-corrected chi connectivity index (χ2v) is 9.43. The van der Waals surface area contributed by atoms with E-state index in [1.54, 1.807) is 13.3 Å². The zero-order valence-electron chi connectivity index (χ0n) is 20.6. The number of nitrogens with zero attached hydrogens (tertiary/aromatic N) is 3. The molecule has 1 aromatic carbocycles. The zero-order valence-corrected chi connectivity index (χ0v) is 20.6. The Bertz CT molecular complexity index is 1210. The van der Waals surface area contributed by atoms with E-state index in [4.69, 9.17) is 4.74 Å². The van der Waals surface area contributed by atoms with Crippen molar-refractivity contribution in [3.05, 3.63) is 53.5 Å². The van der Waals surface area contributed by atoms with Gasteiger partial charge in [0.25, 0.3) is 0 Å². The number of fused-ring (bicyclic) bond motifs is 1. The van der Waals surface area contributed by atoms with Crippen molar-refractivity contribution in [3.8, 4) is 17.6 Å². The van der Waals surface area contributed by atoms with Crippen LogP contribution in [0.3, 0.4) is 0 Å². The van der Waals surface area contributed by atoms with Crippen molar-refractivity contribution in [1.29, 1.82) is 0 Å². The molecule has 1 aliphatic rings. The molecule has 2 aromatic heterocycles. The number of nitrogens with one attached hydrogen (secondary N) is 1. The fraction of sp³-hybridized carbons (Fsp3) is 0.464. The molecule has 0 amide bonds. The van der Waals surface area contributed by atoms with Crippen LogP contribution in [0.15, 0.2) is 36.7 Å². The number of aryl methyl sites for hydroxylation is 2. The number of pyridine rings is 1. The Morgan fingerprint density at radius 2 is 2.17 bits per heavy atom. The van der Waals surface area contributed by atoms with E-state index in [0.717, 1.165) is 73.1 Å². The quantitative estimate of drug-likeness (QED) is 0.445. The summed E-state index contributed by atoms with van der Waals surface area (Å²) in [6.45, 7) is 4.58. The minimum Gasteiger partial charge on any atom is -0.497 e. The molecule has 1 saturated heterocycles. The number of rotatable bonds is 9. The van der Waals surface area contributed by atoms with E-state index in [9.17, 15) is 9.90 Å². The second kappa shape index (κ2) is 11.9. The maximum Gasteiger partial charge on any atom is 0.303 e. The summed E-state index contributed by atoms with van der Waals surface area (Å²) in [7, 11) is 1.69. The van der Waals surface area contributed by atoms with E-state index in [-0.39, 0.29) is 6.42 Å². The SMILES string of the molecule is COc1ccc2nccc(CCCC3CCN(CC#Cc4cn[nH]c4C)CC3CCC(=O)O)c2c1. The van der Waals surface area contributed by atoms with Crippen LogP contribution in [0.1, 0.15) is 48.9 Å². The number of methoxy groups -OCH3 is 1. The molecular weight excluding hydrogens is 440 g/mol. The van der Waals surface area contributed by atoms with Gasteiger partial charge in [-0.15, -0.1) is 0 Å². The van der Waals surface area contributed by atoms with Gasteiger partial charge in [0.05, 0.1) is 30.9 Å². The van der Waals surface area contributed by atoms with Crippen LogP contribution in [-0.4, -0.2) is 57.9 Å². The van der Waals surface area contributed by atoms with Gasteiger partial charge in [-0.2, -0.15) is 5.10 Å². The van der Waals surface area contributed by atoms with Crippen molar-refractivity contribution >= 4 is 16.9 Å². The molecule has 184 valence electrons. The molecule has 7 nitrogen and oxygen atoms in total. The molecule has 35 heavy (non-hydrogen) atoms. The summed E-state index contributed by atoms with van der Waals surface area (Å²) < 4.78 is 5.41. The molecule has 0 aliphatic carbocycles. The minimum atomic E-state index is -0.715. The van der Waals surface area contributed by atoms with Crippen LogP contribution in [0.2, 0.25) is 0 Å². The van der Waals surface area contributed by atoms with Crippen LogP contribution in [0.5, 0.6) is 5.75 Å². The third-order valence-corrected chi connectivity index (χ3v) is 7.12. The Hall–Kier alpha value is -3.37. The Morgan fingerprint density at radius 1 is 1.29 bits per heavy atom. The highest BCUT2D eigenvalue weighted by Crippen LogP contribution is 2.32. The van der Waals surface area contributed by atoms with Crippen LogP contribution in [0.25, 0.3) is 10.9 Å². The van der Waals surface area contributed by atoms with E-state index < -0.39 is 5.97 Å². The summed E-state index contributed by atoms with van der Waals surface area (Å²) in [4.78, 5) is 18.1. The first-order valence-corrected chi connectivity index (χ1v) is 12.4. The molecule has 2 atom stereocenters. The van der Waals surface area contributed by atoms with E-state index >= 15 is 0 Å². The van der Waals surface area contributed by atoms with Crippen LogP contribution in [0.4, 0.5) is 0 Å². The monoisotopic (exact) mass is 474 g/mol. The van der Waals surface area contributed by atoms with Crippen molar-refractivity contribution in [3.63, 3.8) is 0 Å².